The zero-order valence-electron chi connectivity index (χ0n) is 11.3. The summed E-state index contributed by atoms with van der Waals surface area (Å²) in [6.07, 6.45) is 0. The Kier molecular flexibility index (Phi) is 6.85. The van der Waals surface area contributed by atoms with Crippen LogP contribution < -0.4 is 16.4 Å². The standard InChI is InChI=1S/C13H17N3O5/c14-5-6-21-8-11(17)16-10-3-1-9(2-4-10)13(20)15-7-12(18)19/h1-4H,5-8,14H2,(H,15,20)(H,16,17)(H,18,19). The molecule has 8 heteroatoms. The van der Waals surface area contributed by atoms with Gasteiger partial charge in [0.1, 0.15) is 13.2 Å². The minimum absolute atomic E-state index is 0.0992. The zero-order chi connectivity index (χ0) is 15.7. The third kappa shape index (κ3) is 6.50. The van der Waals surface area contributed by atoms with E-state index in [-0.39, 0.29) is 12.5 Å². The summed E-state index contributed by atoms with van der Waals surface area (Å²) in [6, 6.07) is 6.04. The highest BCUT2D eigenvalue weighted by Gasteiger charge is 2.08. The van der Waals surface area contributed by atoms with Crippen molar-refractivity contribution >= 4 is 23.5 Å². The molecule has 21 heavy (non-hydrogen) atoms. The summed E-state index contributed by atoms with van der Waals surface area (Å²) >= 11 is 0. The highest BCUT2D eigenvalue weighted by atomic mass is 16.5. The molecule has 114 valence electrons. The summed E-state index contributed by atoms with van der Waals surface area (Å²) in [4.78, 5) is 33.4. The number of nitrogens with two attached hydrogens (primary N) is 1. The second kappa shape index (κ2) is 8.67. The molecule has 0 aliphatic carbocycles. The Bertz CT molecular complexity index is 501. The minimum Gasteiger partial charge on any atom is -0.480 e. The van der Waals surface area contributed by atoms with Crippen molar-refractivity contribution in [1.82, 2.24) is 5.32 Å². The van der Waals surface area contributed by atoms with Crippen LogP contribution in [0.5, 0.6) is 0 Å². The normalized spacial score (nSPS) is 9.95. The molecule has 0 fully saturated rings. The summed E-state index contributed by atoms with van der Waals surface area (Å²) in [6.45, 7) is 0.0946. The van der Waals surface area contributed by atoms with E-state index in [0.29, 0.717) is 24.4 Å². The van der Waals surface area contributed by atoms with Crippen LogP contribution in [0.15, 0.2) is 24.3 Å². The molecule has 0 bridgehead atoms. The van der Waals surface area contributed by atoms with E-state index in [0.717, 1.165) is 0 Å². The molecule has 0 unspecified atom stereocenters. The Morgan fingerprint density at radius 3 is 2.43 bits per heavy atom. The number of carbonyl (C=O) groups is 3. The van der Waals surface area contributed by atoms with Gasteiger partial charge < -0.3 is 26.2 Å². The van der Waals surface area contributed by atoms with E-state index in [1.54, 1.807) is 0 Å². The SMILES string of the molecule is NCCOCC(=O)Nc1ccc(C(=O)NCC(=O)O)cc1. The van der Waals surface area contributed by atoms with Crippen molar-refractivity contribution in [3.8, 4) is 0 Å². The number of ether oxygens (including phenoxy) is 1. The lowest BCUT2D eigenvalue weighted by Crippen LogP contribution is -2.29. The number of carboxylic acids is 1. The summed E-state index contributed by atoms with van der Waals surface area (Å²) in [5, 5.41) is 13.3. The van der Waals surface area contributed by atoms with Gasteiger partial charge in [0, 0.05) is 17.8 Å². The van der Waals surface area contributed by atoms with Crippen molar-refractivity contribution in [3.05, 3.63) is 29.8 Å². The molecule has 0 spiro atoms. The first kappa shape index (κ1) is 16.6. The van der Waals surface area contributed by atoms with E-state index in [2.05, 4.69) is 10.6 Å². The van der Waals surface area contributed by atoms with Crippen molar-refractivity contribution < 1.29 is 24.2 Å². The third-order valence-corrected chi connectivity index (χ3v) is 2.33. The van der Waals surface area contributed by atoms with E-state index in [1.165, 1.54) is 24.3 Å². The molecule has 5 N–H and O–H groups in total. The van der Waals surface area contributed by atoms with E-state index in [1.807, 2.05) is 0 Å². The van der Waals surface area contributed by atoms with E-state index >= 15 is 0 Å². The first-order valence-electron chi connectivity index (χ1n) is 6.20. The Morgan fingerprint density at radius 1 is 1.19 bits per heavy atom. The number of carbonyl (C=O) groups excluding carboxylic acids is 2. The van der Waals surface area contributed by atoms with Gasteiger partial charge in [0.05, 0.1) is 6.61 Å². The average molecular weight is 295 g/mol. The molecule has 2 amide bonds. The van der Waals surface area contributed by atoms with Crippen LogP contribution in [0.4, 0.5) is 5.69 Å². The van der Waals surface area contributed by atoms with Crippen molar-refractivity contribution in [2.24, 2.45) is 5.73 Å². The summed E-state index contributed by atoms with van der Waals surface area (Å²) in [7, 11) is 0. The average Bonchev–Trinajstić information content (AvgIpc) is 2.45. The van der Waals surface area contributed by atoms with E-state index in [4.69, 9.17) is 15.6 Å². The van der Waals surface area contributed by atoms with Crippen molar-refractivity contribution in [3.63, 3.8) is 0 Å². The first-order chi connectivity index (χ1) is 10.0. The lowest BCUT2D eigenvalue weighted by atomic mass is 10.2. The molecular weight excluding hydrogens is 278 g/mol. The van der Waals surface area contributed by atoms with E-state index < -0.39 is 18.4 Å². The lowest BCUT2D eigenvalue weighted by molar-refractivity contribution is -0.135. The van der Waals surface area contributed by atoms with Gasteiger partial charge in [0.2, 0.25) is 5.91 Å². The van der Waals surface area contributed by atoms with Gasteiger partial charge in [-0.3, -0.25) is 14.4 Å². The number of aliphatic carboxylic acids is 1. The monoisotopic (exact) mass is 295 g/mol. The van der Waals surface area contributed by atoms with Crippen molar-refractivity contribution in [2.75, 3.05) is 31.6 Å². The maximum Gasteiger partial charge on any atom is 0.322 e. The number of hydrogen-bond donors (Lipinski definition) is 4. The number of anilines is 1. The van der Waals surface area contributed by atoms with Gasteiger partial charge >= 0.3 is 5.97 Å². The highest BCUT2D eigenvalue weighted by Crippen LogP contribution is 2.09. The molecule has 0 aliphatic heterocycles. The Hall–Kier alpha value is -2.45. The molecule has 0 atom stereocenters. The quantitative estimate of drug-likeness (QED) is 0.474. The lowest BCUT2D eigenvalue weighted by Gasteiger charge is -2.07. The molecule has 0 heterocycles. The smallest absolute Gasteiger partial charge is 0.322 e. The van der Waals surface area contributed by atoms with Gasteiger partial charge in [-0.2, -0.15) is 0 Å². The van der Waals surface area contributed by atoms with E-state index in [9.17, 15) is 14.4 Å². The Balaban J connectivity index is 2.48. The Morgan fingerprint density at radius 2 is 1.86 bits per heavy atom. The van der Waals surface area contributed by atoms with Crippen LogP contribution in [0, 0.1) is 0 Å². The fourth-order valence-corrected chi connectivity index (χ4v) is 1.41. The highest BCUT2D eigenvalue weighted by molar-refractivity contribution is 5.97. The maximum atomic E-state index is 11.6. The van der Waals surface area contributed by atoms with Crippen molar-refractivity contribution in [2.45, 2.75) is 0 Å². The Labute approximate surface area is 121 Å². The van der Waals surface area contributed by atoms with Gasteiger partial charge in [0.15, 0.2) is 0 Å². The second-order valence-corrected chi connectivity index (χ2v) is 4.04. The molecule has 0 radical (unpaired) electrons. The number of amides is 2. The predicted molar refractivity (Wildman–Crippen MR) is 74.9 cm³/mol. The van der Waals surface area contributed by atoms with Crippen LogP contribution in [0.2, 0.25) is 0 Å². The predicted octanol–water partition coefficient (Wildman–Crippen LogP) is -0.585. The topological polar surface area (TPSA) is 131 Å². The molecule has 1 rings (SSSR count). The van der Waals surface area contributed by atoms with Crippen molar-refractivity contribution in [1.29, 1.82) is 0 Å². The van der Waals surface area contributed by atoms with Crippen LogP contribution in [0.3, 0.4) is 0 Å². The fraction of sp³-hybridized carbons (Fsp3) is 0.308. The van der Waals surface area contributed by atoms with Crippen LogP contribution in [-0.4, -0.2) is 49.2 Å². The number of nitrogens with one attached hydrogen (secondary N) is 2. The number of carboxylic acid groups (broad SMARTS) is 1. The van der Waals surface area contributed by atoms with Gasteiger partial charge in [-0.15, -0.1) is 0 Å². The molecule has 1 aromatic carbocycles. The molecule has 0 saturated carbocycles. The van der Waals surface area contributed by atoms with Crippen LogP contribution in [0.1, 0.15) is 10.4 Å². The molecular formula is C13H17N3O5. The van der Waals surface area contributed by atoms with Crippen LogP contribution in [-0.2, 0) is 14.3 Å². The van der Waals surface area contributed by atoms with Gasteiger partial charge in [-0.05, 0) is 24.3 Å². The number of hydrogen-bond acceptors (Lipinski definition) is 5. The second-order valence-electron chi connectivity index (χ2n) is 4.04. The molecule has 8 nitrogen and oxygen atoms in total. The van der Waals surface area contributed by atoms with Crippen LogP contribution >= 0.6 is 0 Å². The molecule has 0 aliphatic rings. The minimum atomic E-state index is -1.12. The molecule has 0 aromatic heterocycles. The number of benzene rings is 1. The zero-order valence-corrected chi connectivity index (χ0v) is 11.3. The third-order valence-electron chi connectivity index (χ3n) is 2.33. The van der Waals surface area contributed by atoms with Crippen LogP contribution in [0.25, 0.3) is 0 Å². The first-order valence-corrected chi connectivity index (χ1v) is 6.20. The summed E-state index contributed by atoms with van der Waals surface area (Å²) in [5.74, 6) is -1.95. The summed E-state index contributed by atoms with van der Waals surface area (Å²) in [5.41, 5.74) is 6.03. The maximum absolute atomic E-state index is 11.6. The fourth-order valence-electron chi connectivity index (χ4n) is 1.41. The molecule has 0 saturated heterocycles. The number of rotatable bonds is 8. The largest absolute Gasteiger partial charge is 0.480 e. The molecule has 1 aromatic rings. The summed E-state index contributed by atoms with van der Waals surface area (Å²) < 4.78 is 4.98. The van der Waals surface area contributed by atoms with Gasteiger partial charge in [-0.25, -0.2) is 0 Å². The van der Waals surface area contributed by atoms with Gasteiger partial charge in [0.25, 0.3) is 5.91 Å². The van der Waals surface area contributed by atoms with Gasteiger partial charge in [-0.1, -0.05) is 0 Å².